The molecule has 3 aromatic rings. The molecule has 0 fully saturated rings. The van der Waals surface area contributed by atoms with Crippen LogP contribution in [-0.4, -0.2) is 35.0 Å². The second-order valence-corrected chi connectivity index (χ2v) is 8.44. The number of carbonyl (C=O) groups is 1. The Morgan fingerprint density at radius 2 is 1.76 bits per heavy atom. The smallest absolute Gasteiger partial charge is 0.263 e. The molecule has 0 radical (unpaired) electrons. The molecule has 1 aliphatic heterocycles. The maximum Gasteiger partial charge on any atom is 0.263 e. The lowest BCUT2D eigenvalue weighted by Gasteiger charge is -2.24. The van der Waals surface area contributed by atoms with Gasteiger partial charge < -0.3 is 14.6 Å². The number of benzene rings is 2. The number of ether oxygens (including phenoxy) is 1. The highest BCUT2D eigenvalue weighted by Gasteiger charge is 2.25. The third-order valence-electron chi connectivity index (χ3n) is 5.93. The Morgan fingerprint density at radius 1 is 1.03 bits per heavy atom. The van der Waals surface area contributed by atoms with Crippen molar-refractivity contribution in [3.8, 4) is 5.75 Å². The fourth-order valence-electron chi connectivity index (χ4n) is 4.18. The molecule has 1 atom stereocenters. The van der Waals surface area contributed by atoms with Gasteiger partial charge in [-0.1, -0.05) is 37.6 Å². The SMILES string of the molecule is Cc1ccc2[nH]c3c(c2c1)CCN(C(=O)C(C)Oc1ccc(C(C)C)cc1)CC3. The summed E-state index contributed by atoms with van der Waals surface area (Å²) in [5, 5.41) is 1.30. The number of rotatable bonds is 4. The molecule has 1 N–H and O–H groups in total. The van der Waals surface area contributed by atoms with Crippen molar-refractivity contribution >= 4 is 16.8 Å². The number of H-pyrrole nitrogens is 1. The summed E-state index contributed by atoms with van der Waals surface area (Å²) in [6.07, 6.45) is 1.24. The number of hydrogen-bond acceptors (Lipinski definition) is 2. The van der Waals surface area contributed by atoms with Gasteiger partial charge in [-0.3, -0.25) is 4.79 Å². The maximum absolute atomic E-state index is 13.0. The van der Waals surface area contributed by atoms with E-state index in [4.69, 9.17) is 4.74 Å². The van der Waals surface area contributed by atoms with Crippen LogP contribution in [0.25, 0.3) is 10.9 Å². The predicted octanol–water partition coefficient (Wildman–Crippen LogP) is 4.99. The van der Waals surface area contributed by atoms with Crippen LogP contribution in [0.5, 0.6) is 5.75 Å². The second kappa shape index (κ2) is 7.94. The molecule has 4 nitrogen and oxygen atoms in total. The van der Waals surface area contributed by atoms with E-state index in [0.29, 0.717) is 5.92 Å². The summed E-state index contributed by atoms with van der Waals surface area (Å²) in [6, 6.07) is 14.6. The summed E-state index contributed by atoms with van der Waals surface area (Å²) in [6.45, 7) is 9.76. The van der Waals surface area contributed by atoms with Crippen LogP contribution in [0.3, 0.4) is 0 Å². The molecule has 29 heavy (non-hydrogen) atoms. The number of aryl methyl sites for hydroxylation is 1. The van der Waals surface area contributed by atoms with Crippen molar-refractivity contribution in [2.45, 2.75) is 52.6 Å². The van der Waals surface area contributed by atoms with E-state index < -0.39 is 6.10 Å². The monoisotopic (exact) mass is 390 g/mol. The largest absolute Gasteiger partial charge is 0.481 e. The van der Waals surface area contributed by atoms with Crippen LogP contribution >= 0.6 is 0 Å². The van der Waals surface area contributed by atoms with E-state index in [1.165, 1.54) is 33.3 Å². The highest BCUT2D eigenvalue weighted by atomic mass is 16.5. The molecule has 0 aliphatic carbocycles. The third-order valence-corrected chi connectivity index (χ3v) is 5.93. The van der Waals surface area contributed by atoms with Crippen molar-refractivity contribution < 1.29 is 9.53 Å². The number of carbonyl (C=O) groups excluding carboxylic acids is 1. The molecular weight excluding hydrogens is 360 g/mol. The van der Waals surface area contributed by atoms with Gasteiger partial charge in [-0.25, -0.2) is 0 Å². The van der Waals surface area contributed by atoms with E-state index in [2.05, 4.69) is 56.1 Å². The summed E-state index contributed by atoms with van der Waals surface area (Å²) < 4.78 is 5.95. The molecule has 4 rings (SSSR count). The van der Waals surface area contributed by atoms with Gasteiger partial charge in [0, 0.05) is 36.1 Å². The van der Waals surface area contributed by atoms with E-state index >= 15 is 0 Å². The van der Waals surface area contributed by atoms with E-state index in [1.54, 1.807) is 0 Å². The van der Waals surface area contributed by atoms with Gasteiger partial charge in [0.15, 0.2) is 6.10 Å². The minimum atomic E-state index is -0.490. The molecule has 2 heterocycles. The first kappa shape index (κ1) is 19.6. The van der Waals surface area contributed by atoms with E-state index in [1.807, 2.05) is 24.0 Å². The number of fused-ring (bicyclic) bond motifs is 3. The van der Waals surface area contributed by atoms with Gasteiger partial charge >= 0.3 is 0 Å². The molecule has 0 saturated heterocycles. The summed E-state index contributed by atoms with van der Waals surface area (Å²) in [5.41, 5.74) is 6.35. The minimum absolute atomic E-state index is 0.0589. The summed E-state index contributed by atoms with van der Waals surface area (Å²) in [4.78, 5) is 18.5. The Labute approximate surface area is 172 Å². The molecule has 1 aromatic heterocycles. The van der Waals surface area contributed by atoms with E-state index in [-0.39, 0.29) is 5.91 Å². The normalized spacial score (nSPS) is 15.3. The first-order chi connectivity index (χ1) is 13.9. The minimum Gasteiger partial charge on any atom is -0.481 e. The first-order valence-corrected chi connectivity index (χ1v) is 10.6. The molecule has 0 bridgehead atoms. The highest BCUT2D eigenvalue weighted by Crippen LogP contribution is 2.27. The van der Waals surface area contributed by atoms with Crippen LogP contribution in [0.1, 0.15) is 49.1 Å². The van der Waals surface area contributed by atoms with Crippen molar-refractivity contribution in [3.63, 3.8) is 0 Å². The lowest BCUT2D eigenvalue weighted by molar-refractivity contribution is -0.137. The number of nitrogens with zero attached hydrogens (tertiary/aromatic N) is 1. The topological polar surface area (TPSA) is 45.3 Å². The Balaban J connectivity index is 1.43. The summed E-state index contributed by atoms with van der Waals surface area (Å²) in [7, 11) is 0. The number of aromatic amines is 1. The molecule has 1 amide bonds. The van der Waals surface area contributed by atoms with Crippen LogP contribution in [0.2, 0.25) is 0 Å². The standard InChI is InChI=1S/C25H30N2O2/c1-16(2)19-6-8-20(9-7-19)29-18(4)25(28)27-13-11-21-22-15-17(3)5-10-23(22)26-24(21)12-14-27/h5-10,15-16,18,26H,11-14H2,1-4H3. The number of hydrogen-bond donors (Lipinski definition) is 1. The Hall–Kier alpha value is -2.75. The molecule has 0 saturated carbocycles. The van der Waals surface area contributed by atoms with Crippen LogP contribution in [-0.2, 0) is 17.6 Å². The fraction of sp³-hybridized carbons (Fsp3) is 0.400. The van der Waals surface area contributed by atoms with Crippen molar-refractivity contribution in [2.75, 3.05) is 13.1 Å². The maximum atomic E-state index is 13.0. The van der Waals surface area contributed by atoms with Gasteiger partial charge in [0.25, 0.3) is 5.91 Å². The van der Waals surface area contributed by atoms with Gasteiger partial charge in [-0.2, -0.15) is 0 Å². The van der Waals surface area contributed by atoms with Gasteiger partial charge in [0.05, 0.1) is 0 Å². The highest BCUT2D eigenvalue weighted by molar-refractivity contribution is 5.86. The van der Waals surface area contributed by atoms with Gasteiger partial charge in [0.2, 0.25) is 0 Å². The second-order valence-electron chi connectivity index (χ2n) is 8.44. The zero-order chi connectivity index (χ0) is 20.5. The predicted molar refractivity (Wildman–Crippen MR) is 118 cm³/mol. The van der Waals surface area contributed by atoms with Gasteiger partial charge in [0.1, 0.15) is 5.75 Å². The van der Waals surface area contributed by atoms with Crippen LogP contribution in [0.15, 0.2) is 42.5 Å². The average molecular weight is 391 g/mol. The summed E-state index contributed by atoms with van der Waals surface area (Å²) in [5.74, 6) is 1.29. The van der Waals surface area contributed by atoms with Gasteiger partial charge in [-0.05, 0) is 61.6 Å². The zero-order valence-electron chi connectivity index (χ0n) is 17.8. The Kier molecular flexibility index (Phi) is 5.35. The molecule has 2 aromatic carbocycles. The van der Waals surface area contributed by atoms with E-state index in [0.717, 1.165) is 31.7 Å². The van der Waals surface area contributed by atoms with Crippen molar-refractivity contribution in [1.29, 1.82) is 0 Å². The third kappa shape index (κ3) is 4.02. The van der Waals surface area contributed by atoms with Gasteiger partial charge in [-0.15, -0.1) is 0 Å². The van der Waals surface area contributed by atoms with Crippen LogP contribution in [0.4, 0.5) is 0 Å². The molecule has 1 unspecified atom stereocenters. The first-order valence-electron chi connectivity index (χ1n) is 10.6. The summed E-state index contributed by atoms with van der Waals surface area (Å²) >= 11 is 0. The molecule has 152 valence electrons. The van der Waals surface area contributed by atoms with Crippen LogP contribution < -0.4 is 4.74 Å². The van der Waals surface area contributed by atoms with Crippen LogP contribution in [0, 0.1) is 6.92 Å². The lowest BCUT2D eigenvalue weighted by Crippen LogP contribution is -2.41. The molecule has 0 spiro atoms. The number of aromatic nitrogens is 1. The quantitative estimate of drug-likeness (QED) is 0.682. The van der Waals surface area contributed by atoms with E-state index in [9.17, 15) is 4.79 Å². The lowest BCUT2D eigenvalue weighted by atomic mass is 10.0. The Bertz CT molecular complexity index is 1020. The molecule has 4 heteroatoms. The number of amides is 1. The van der Waals surface area contributed by atoms with Crippen molar-refractivity contribution in [1.82, 2.24) is 9.88 Å². The average Bonchev–Trinajstić information content (AvgIpc) is 2.90. The molecular formula is C25H30N2O2. The zero-order valence-corrected chi connectivity index (χ0v) is 17.8. The molecule has 1 aliphatic rings. The fourth-order valence-corrected chi connectivity index (χ4v) is 4.18. The van der Waals surface area contributed by atoms with Crippen molar-refractivity contribution in [2.24, 2.45) is 0 Å². The number of nitrogens with one attached hydrogen (secondary N) is 1. The Morgan fingerprint density at radius 3 is 2.48 bits per heavy atom. The van der Waals surface area contributed by atoms with Crippen molar-refractivity contribution in [3.05, 3.63) is 64.8 Å².